The molecule has 1 aromatic heterocycles. The quantitative estimate of drug-likeness (QED) is 0.273. The van der Waals surface area contributed by atoms with E-state index < -0.39 is 0 Å². The van der Waals surface area contributed by atoms with Crippen molar-refractivity contribution < 1.29 is 0 Å². The van der Waals surface area contributed by atoms with Gasteiger partial charge >= 0.3 is 0 Å². The molecule has 1 heterocycles. The molecule has 0 saturated heterocycles. The molecule has 0 saturated carbocycles. The second-order valence-corrected chi connectivity index (χ2v) is 8.10. The Morgan fingerprint density at radius 2 is 1.83 bits per heavy atom. The number of hydrogen-bond acceptors (Lipinski definition) is 1. The summed E-state index contributed by atoms with van der Waals surface area (Å²) < 4.78 is 2.47. The predicted molar refractivity (Wildman–Crippen MR) is 130 cm³/mol. The van der Waals surface area contributed by atoms with Gasteiger partial charge in [-0.15, -0.1) is 0 Å². The number of para-hydroxylation sites is 1. The van der Waals surface area contributed by atoms with Crippen molar-refractivity contribution in [3.8, 4) is 0 Å². The largest absolute Gasteiger partial charge is 0.347 e. The minimum atomic E-state index is 0.630. The maximum absolute atomic E-state index is 3.49. The van der Waals surface area contributed by atoms with Gasteiger partial charge < -0.3 is 9.88 Å². The lowest BCUT2D eigenvalue weighted by molar-refractivity contribution is 0.564. The molecule has 1 aromatic carbocycles. The highest BCUT2D eigenvalue weighted by Crippen LogP contribution is 2.32. The molecule has 0 aliphatic rings. The molecule has 1 unspecified atom stereocenters. The molecule has 29 heavy (non-hydrogen) atoms. The van der Waals surface area contributed by atoms with Gasteiger partial charge in [-0.25, -0.2) is 0 Å². The van der Waals surface area contributed by atoms with E-state index in [1.807, 2.05) is 0 Å². The monoisotopic (exact) mass is 394 g/mol. The van der Waals surface area contributed by atoms with Gasteiger partial charge in [0.1, 0.15) is 0 Å². The second kappa shape index (κ2) is 12.7. The summed E-state index contributed by atoms with van der Waals surface area (Å²) in [6, 6.07) is 8.93. The standard InChI is InChI=1S/C27H42N2/c1-6-23(7-2)22(5)15-11-10-14-20-29-21-26(24(8-3)18-19-28-9-4)25-16-12-13-17-27(25)29/h10-13,16-17,21,24,28H,6-9,14-15,18-20H2,1-5H3/b11-10-. The first kappa shape index (κ1) is 23.5. The number of nitrogens with zero attached hydrogens (tertiary/aromatic N) is 1. The normalized spacial score (nSPS) is 12.7. The second-order valence-electron chi connectivity index (χ2n) is 8.10. The van der Waals surface area contributed by atoms with E-state index in [0.29, 0.717) is 5.92 Å². The molecule has 1 N–H and O–H groups in total. The molecule has 0 radical (unpaired) electrons. The molecule has 0 aliphatic carbocycles. The third-order valence-corrected chi connectivity index (χ3v) is 6.26. The lowest BCUT2D eigenvalue weighted by atomic mass is 9.93. The maximum Gasteiger partial charge on any atom is 0.0483 e. The van der Waals surface area contributed by atoms with Gasteiger partial charge in [0.05, 0.1) is 0 Å². The zero-order valence-electron chi connectivity index (χ0n) is 19.4. The highest BCUT2D eigenvalue weighted by atomic mass is 15.0. The van der Waals surface area contributed by atoms with Crippen LogP contribution < -0.4 is 5.32 Å². The van der Waals surface area contributed by atoms with E-state index >= 15 is 0 Å². The van der Waals surface area contributed by atoms with E-state index in [9.17, 15) is 0 Å². The van der Waals surface area contributed by atoms with Gasteiger partial charge in [-0.2, -0.15) is 0 Å². The van der Waals surface area contributed by atoms with Gasteiger partial charge in [-0.3, -0.25) is 0 Å². The third kappa shape index (κ3) is 6.60. The molecule has 0 amide bonds. The van der Waals surface area contributed by atoms with Gasteiger partial charge in [-0.05, 0) is 76.1 Å². The third-order valence-electron chi connectivity index (χ3n) is 6.26. The Morgan fingerprint density at radius 3 is 2.52 bits per heavy atom. The summed E-state index contributed by atoms with van der Waals surface area (Å²) in [7, 11) is 0. The first-order valence-electron chi connectivity index (χ1n) is 11.8. The number of allylic oxidation sites excluding steroid dienone is 4. The number of hydrogen-bond donors (Lipinski definition) is 1. The molecule has 0 aliphatic heterocycles. The Labute approximate surface area is 179 Å². The van der Waals surface area contributed by atoms with E-state index in [1.165, 1.54) is 42.1 Å². The summed E-state index contributed by atoms with van der Waals surface area (Å²) in [6.07, 6.45) is 14.1. The fourth-order valence-electron chi connectivity index (χ4n) is 4.41. The van der Waals surface area contributed by atoms with Gasteiger partial charge in [0.2, 0.25) is 0 Å². The number of nitrogens with one attached hydrogen (secondary N) is 1. The fourth-order valence-corrected chi connectivity index (χ4v) is 4.41. The van der Waals surface area contributed by atoms with E-state index in [0.717, 1.165) is 32.5 Å². The first-order chi connectivity index (χ1) is 14.2. The smallest absolute Gasteiger partial charge is 0.0483 e. The summed E-state index contributed by atoms with van der Waals surface area (Å²) in [4.78, 5) is 0. The molecular formula is C27H42N2. The van der Waals surface area contributed by atoms with Crippen LogP contribution in [0.2, 0.25) is 0 Å². The van der Waals surface area contributed by atoms with Crippen molar-refractivity contribution in [3.05, 3.63) is 59.3 Å². The van der Waals surface area contributed by atoms with Gasteiger partial charge in [0.15, 0.2) is 0 Å². The fraction of sp³-hybridized carbons (Fsp3) is 0.556. The Morgan fingerprint density at radius 1 is 1.07 bits per heavy atom. The van der Waals surface area contributed by atoms with E-state index in [-0.39, 0.29) is 0 Å². The number of aryl methyl sites for hydroxylation is 1. The summed E-state index contributed by atoms with van der Waals surface area (Å²) in [6.45, 7) is 14.5. The predicted octanol–water partition coefficient (Wildman–Crippen LogP) is 7.61. The zero-order valence-corrected chi connectivity index (χ0v) is 19.4. The Hall–Kier alpha value is -1.80. The van der Waals surface area contributed by atoms with Crippen molar-refractivity contribution in [1.29, 1.82) is 0 Å². The summed E-state index contributed by atoms with van der Waals surface area (Å²) in [5, 5.41) is 4.93. The highest BCUT2D eigenvalue weighted by molar-refractivity contribution is 5.84. The molecule has 2 aromatic rings. The Balaban J connectivity index is 2.08. The minimum Gasteiger partial charge on any atom is -0.347 e. The van der Waals surface area contributed by atoms with Gasteiger partial charge in [-0.1, -0.05) is 69.2 Å². The van der Waals surface area contributed by atoms with Crippen molar-refractivity contribution in [2.75, 3.05) is 13.1 Å². The number of aromatic nitrogens is 1. The topological polar surface area (TPSA) is 17.0 Å². The Bertz CT molecular complexity index is 788. The summed E-state index contributed by atoms with van der Waals surface area (Å²) in [5.41, 5.74) is 6.07. The molecule has 2 heteroatoms. The van der Waals surface area contributed by atoms with Crippen molar-refractivity contribution in [2.24, 2.45) is 0 Å². The average Bonchev–Trinajstić information content (AvgIpc) is 3.10. The van der Waals surface area contributed by atoms with Crippen LogP contribution >= 0.6 is 0 Å². The lowest BCUT2D eigenvalue weighted by Crippen LogP contribution is -2.16. The number of rotatable bonds is 13. The zero-order chi connectivity index (χ0) is 21.1. The summed E-state index contributed by atoms with van der Waals surface area (Å²) in [5.74, 6) is 0.630. The van der Waals surface area contributed by atoms with E-state index in [1.54, 1.807) is 11.1 Å². The molecular weight excluding hydrogens is 352 g/mol. The van der Waals surface area contributed by atoms with Gasteiger partial charge in [0.25, 0.3) is 0 Å². The molecule has 0 fully saturated rings. The molecule has 160 valence electrons. The maximum atomic E-state index is 3.49. The number of benzene rings is 1. The number of fused-ring (bicyclic) bond motifs is 1. The molecule has 2 rings (SSSR count). The van der Waals surface area contributed by atoms with Crippen molar-refractivity contribution >= 4 is 10.9 Å². The lowest BCUT2D eigenvalue weighted by Gasteiger charge is -2.14. The first-order valence-corrected chi connectivity index (χ1v) is 11.8. The van der Waals surface area contributed by atoms with E-state index in [2.05, 4.69) is 87.1 Å². The van der Waals surface area contributed by atoms with Crippen LogP contribution in [0.3, 0.4) is 0 Å². The van der Waals surface area contributed by atoms with Crippen molar-refractivity contribution in [2.45, 2.75) is 85.6 Å². The van der Waals surface area contributed by atoms with Crippen LogP contribution in [0.4, 0.5) is 0 Å². The van der Waals surface area contributed by atoms with Crippen molar-refractivity contribution in [3.63, 3.8) is 0 Å². The Kier molecular flexibility index (Phi) is 10.3. The van der Waals surface area contributed by atoms with Crippen LogP contribution in [0.25, 0.3) is 10.9 Å². The van der Waals surface area contributed by atoms with Crippen LogP contribution in [-0.2, 0) is 6.54 Å². The van der Waals surface area contributed by atoms with Crippen LogP contribution in [0, 0.1) is 0 Å². The van der Waals surface area contributed by atoms with Crippen LogP contribution in [0.1, 0.15) is 84.6 Å². The van der Waals surface area contributed by atoms with Crippen molar-refractivity contribution in [1.82, 2.24) is 9.88 Å². The average molecular weight is 395 g/mol. The molecule has 1 atom stereocenters. The van der Waals surface area contributed by atoms with Crippen LogP contribution in [0.5, 0.6) is 0 Å². The van der Waals surface area contributed by atoms with Gasteiger partial charge in [0, 0.05) is 23.6 Å². The van der Waals surface area contributed by atoms with Crippen LogP contribution in [-0.4, -0.2) is 17.7 Å². The molecule has 2 nitrogen and oxygen atoms in total. The SMILES string of the molecule is CCNCCC(CC)c1cn(CC/C=C\CC(C)=C(CC)CC)c2ccccc12. The molecule has 0 spiro atoms. The minimum absolute atomic E-state index is 0.630. The van der Waals surface area contributed by atoms with Crippen LogP contribution in [0.15, 0.2) is 53.8 Å². The van der Waals surface area contributed by atoms with E-state index in [4.69, 9.17) is 0 Å². The summed E-state index contributed by atoms with van der Waals surface area (Å²) >= 11 is 0. The highest BCUT2D eigenvalue weighted by Gasteiger charge is 2.16. The molecule has 0 bridgehead atoms.